The zero-order chi connectivity index (χ0) is 15.2. The van der Waals surface area contributed by atoms with Crippen LogP contribution in [0, 0.1) is 0 Å². The normalized spacial score (nSPS) is 17.7. The van der Waals surface area contributed by atoms with E-state index in [9.17, 15) is 9.90 Å². The Labute approximate surface area is 131 Å². The lowest BCUT2D eigenvalue weighted by molar-refractivity contribution is -0.143. The van der Waals surface area contributed by atoms with Crippen molar-refractivity contribution in [1.29, 1.82) is 0 Å². The van der Waals surface area contributed by atoms with Crippen LogP contribution < -0.4 is 4.90 Å². The molecule has 0 amide bonds. The summed E-state index contributed by atoms with van der Waals surface area (Å²) in [6.07, 6.45) is 2.73. The van der Waals surface area contributed by atoms with Gasteiger partial charge in [0.2, 0.25) is 0 Å². The molecule has 1 aromatic rings. The topological polar surface area (TPSA) is 43.8 Å². The van der Waals surface area contributed by atoms with Crippen LogP contribution in [0.3, 0.4) is 0 Å². The standard InChI is InChI=1S/C16H23ClN2O2/c1-2-3-7-15(16(20)21)19-11-9-18(10-12-19)14-8-5-4-6-13(14)17/h4-6,8,15H,2-3,7,9-12H2,1H3,(H,20,21). The van der Waals surface area contributed by atoms with Gasteiger partial charge in [0.05, 0.1) is 10.7 Å². The molecule has 116 valence electrons. The Morgan fingerprint density at radius 2 is 1.95 bits per heavy atom. The van der Waals surface area contributed by atoms with Gasteiger partial charge in [-0.05, 0) is 18.6 Å². The Hall–Kier alpha value is -1.26. The van der Waals surface area contributed by atoms with Gasteiger partial charge in [0.15, 0.2) is 0 Å². The molecule has 1 heterocycles. The molecule has 0 aromatic heterocycles. The van der Waals surface area contributed by atoms with E-state index in [0.29, 0.717) is 0 Å². The summed E-state index contributed by atoms with van der Waals surface area (Å²) in [4.78, 5) is 15.8. The van der Waals surface area contributed by atoms with E-state index in [2.05, 4.69) is 16.7 Å². The van der Waals surface area contributed by atoms with Gasteiger partial charge in [-0.3, -0.25) is 9.69 Å². The minimum atomic E-state index is -0.699. The molecule has 0 radical (unpaired) electrons. The van der Waals surface area contributed by atoms with E-state index in [1.54, 1.807) is 0 Å². The highest BCUT2D eigenvalue weighted by atomic mass is 35.5. The fraction of sp³-hybridized carbons (Fsp3) is 0.562. The van der Waals surface area contributed by atoms with Gasteiger partial charge < -0.3 is 10.0 Å². The molecule has 1 saturated heterocycles. The quantitative estimate of drug-likeness (QED) is 0.877. The molecule has 1 N–H and O–H groups in total. The summed E-state index contributed by atoms with van der Waals surface area (Å²) in [6, 6.07) is 7.47. The van der Waals surface area contributed by atoms with Gasteiger partial charge in [-0.25, -0.2) is 0 Å². The third-order valence-corrected chi connectivity index (χ3v) is 4.38. The van der Waals surface area contributed by atoms with Crippen LogP contribution in [0.1, 0.15) is 26.2 Å². The highest BCUT2D eigenvalue weighted by Gasteiger charge is 2.28. The van der Waals surface area contributed by atoms with E-state index in [4.69, 9.17) is 11.6 Å². The van der Waals surface area contributed by atoms with E-state index in [1.165, 1.54) is 0 Å². The second kappa shape index (κ2) is 7.66. The fourth-order valence-corrected chi connectivity index (χ4v) is 3.10. The molecule has 1 aliphatic rings. The Morgan fingerprint density at radius 1 is 1.29 bits per heavy atom. The molecular formula is C16H23ClN2O2. The van der Waals surface area contributed by atoms with Crippen molar-refractivity contribution in [1.82, 2.24) is 4.90 Å². The largest absolute Gasteiger partial charge is 0.480 e. The number of anilines is 1. The number of piperazine rings is 1. The van der Waals surface area contributed by atoms with Crippen molar-refractivity contribution in [3.63, 3.8) is 0 Å². The van der Waals surface area contributed by atoms with E-state index in [0.717, 1.165) is 56.2 Å². The van der Waals surface area contributed by atoms with Crippen molar-refractivity contribution in [3.8, 4) is 0 Å². The fourth-order valence-electron chi connectivity index (χ4n) is 2.84. The minimum Gasteiger partial charge on any atom is -0.480 e. The summed E-state index contributed by atoms with van der Waals surface area (Å²) in [7, 11) is 0. The first-order valence-corrected chi connectivity index (χ1v) is 7.97. The van der Waals surface area contributed by atoms with E-state index < -0.39 is 5.97 Å². The van der Waals surface area contributed by atoms with E-state index in [1.807, 2.05) is 24.3 Å². The molecule has 0 spiro atoms. The number of hydrogen-bond donors (Lipinski definition) is 1. The van der Waals surface area contributed by atoms with Crippen LogP contribution in [0.25, 0.3) is 0 Å². The number of para-hydroxylation sites is 1. The summed E-state index contributed by atoms with van der Waals surface area (Å²) in [6.45, 7) is 5.27. The van der Waals surface area contributed by atoms with Crippen LogP contribution in [0.4, 0.5) is 5.69 Å². The summed E-state index contributed by atoms with van der Waals surface area (Å²) < 4.78 is 0. The third kappa shape index (κ3) is 4.11. The average Bonchev–Trinajstić information content (AvgIpc) is 2.49. The molecule has 0 bridgehead atoms. The number of benzene rings is 1. The molecule has 21 heavy (non-hydrogen) atoms. The first-order chi connectivity index (χ1) is 10.1. The average molecular weight is 311 g/mol. The van der Waals surface area contributed by atoms with E-state index >= 15 is 0 Å². The molecule has 1 atom stereocenters. The number of carboxylic acid groups (broad SMARTS) is 1. The van der Waals surface area contributed by atoms with Crippen molar-refractivity contribution < 1.29 is 9.90 Å². The highest BCUT2D eigenvalue weighted by Crippen LogP contribution is 2.26. The van der Waals surface area contributed by atoms with Crippen LogP contribution in [-0.2, 0) is 4.79 Å². The second-order valence-electron chi connectivity index (χ2n) is 5.47. The van der Waals surface area contributed by atoms with Crippen LogP contribution >= 0.6 is 11.6 Å². The first kappa shape index (κ1) is 16.1. The molecular weight excluding hydrogens is 288 g/mol. The zero-order valence-corrected chi connectivity index (χ0v) is 13.2. The SMILES string of the molecule is CCCCC(C(=O)O)N1CCN(c2ccccc2Cl)CC1. The number of carbonyl (C=O) groups is 1. The number of halogens is 1. The summed E-state index contributed by atoms with van der Waals surface area (Å²) in [5.41, 5.74) is 1.04. The molecule has 0 aliphatic carbocycles. The third-order valence-electron chi connectivity index (χ3n) is 4.06. The smallest absolute Gasteiger partial charge is 0.320 e. The van der Waals surface area contributed by atoms with Gasteiger partial charge in [-0.1, -0.05) is 43.5 Å². The van der Waals surface area contributed by atoms with Gasteiger partial charge in [-0.15, -0.1) is 0 Å². The zero-order valence-electron chi connectivity index (χ0n) is 12.5. The maximum absolute atomic E-state index is 11.4. The van der Waals surface area contributed by atoms with Crippen molar-refractivity contribution in [2.45, 2.75) is 32.2 Å². The minimum absolute atomic E-state index is 0.349. The Balaban J connectivity index is 1.96. The van der Waals surface area contributed by atoms with Crippen molar-refractivity contribution >= 4 is 23.3 Å². The number of carboxylic acids is 1. The second-order valence-corrected chi connectivity index (χ2v) is 5.88. The molecule has 1 fully saturated rings. The number of hydrogen-bond acceptors (Lipinski definition) is 3. The number of nitrogens with zero attached hydrogens (tertiary/aromatic N) is 2. The monoisotopic (exact) mass is 310 g/mol. The van der Waals surface area contributed by atoms with Crippen molar-refractivity contribution in [2.75, 3.05) is 31.1 Å². The molecule has 1 aliphatic heterocycles. The summed E-state index contributed by atoms with van der Waals surface area (Å²) in [5.74, 6) is -0.699. The van der Waals surface area contributed by atoms with Gasteiger partial charge in [0.1, 0.15) is 6.04 Å². The Morgan fingerprint density at radius 3 is 2.52 bits per heavy atom. The molecule has 0 saturated carbocycles. The Bertz CT molecular complexity index is 473. The maximum Gasteiger partial charge on any atom is 0.320 e. The van der Waals surface area contributed by atoms with Crippen LogP contribution in [0.15, 0.2) is 24.3 Å². The van der Waals surface area contributed by atoms with Crippen LogP contribution in [0.5, 0.6) is 0 Å². The first-order valence-electron chi connectivity index (χ1n) is 7.59. The van der Waals surface area contributed by atoms with Gasteiger partial charge >= 0.3 is 5.97 Å². The predicted octanol–water partition coefficient (Wildman–Crippen LogP) is 3.11. The molecule has 1 aromatic carbocycles. The summed E-state index contributed by atoms with van der Waals surface area (Å²) in [5, 5.41) is 10.2. The van der Waals surface area contributed by atoms with Crippen LogP contribution in [-0.4, -0.2) is 48.2 Å². The molecule has 4 nitrogen and oxygen atoms in total. The lowest BCUT2D eigenvalue weighted by atomic mass is 10.1. The van der Waals surface area contributed by atoms with E-state index in [-0.39, 0.29) is 6.04 Å². The molecule has 1 unspecified atom stereocenters. The maximum atomic E-state index is 11.4. The lowest BCUT2D eigenvalue weighted by Gasteiger charge is -2.39. The number of unbranched alkanes of at least 4 members (excludes halogenated alkanes) is 1. The highest BCUT2D eigenvalue weighted by molar-refractivity contribution is 6.33. The lowest BCUT2D eigenvalue weighted by Crippen LogP contribution is -2.52. The Kier molecular flexibility index (Phi) is 5.88. The number of rotatable bonds is 6. The van der Waals surface area contributed by atoms with Crippen molar-refractivity contribution in [2.24, 2.45) is 0 Å². The summed E-state index contributed by atoms with van der Waals surface area (Å²) >= 11 is 6.23. The predicted molar refractivity (Wildman–Crippen MR) is 86.2 cm³/mol. The van der Waals surface area contributed by atoms with Crippen molar-refractivity contribution in [3.05, 3.63) is 29.3 Å². The van der Waals surface area contributed by atoms with Gasteiger partial charge in [0, 0.05) is 26.2 Å². The van der Waals surface area contributed by atoms with Gasteiger partial charge in [0.25, 0.3) is 0 Å². The molecule has 2 rings (SSSR count). The number of aliphatic carboxylic acids is 1. The van der Waals surface area contributed by atoms with Crippen LogP contribution in [0.2, 0.25) is 5.02 Å². The molecule has 5 heteroatoms. The van der Waals surface area contributed by atoms with Gasteiger partial charge in [-0.2, -0.15) is 0 Å².